The summed E-state index contributed by atoms with van der Waals surface area (Å²) in [6, 6.07) is 12.2. The van der Waals surface area contributed by atoms with Gasteiger partial charge in [-0.1, -0.05) is 37.6 Å². The van der Waals surface area contributed by atoms with Gasteiger partial charge in [-0.15, -0.1) is 11.3 Å². The van der Waals surface area contributed by atoms with Gasteiger partial charge < -0.3 is 4.57 Å². The molecule has 0 bridgehead atoms. The first kappa shape index (κ1) is 15.7. The van der Waals surface area contributed by atoms with E-state index in [2.05, 4.69) is 41.6 Å². The summed E-state index contributed by atoms with van der Waals surface area (Å²) in [7, 11) is 0. The number of aromatic nitrogens is 2. The zero-order chi connectivity index (χ0) is 16.2. The van der Waals surface area contributed by atoms with E-state index in [1.807, 2.05) is 19.2 Å². The summed E-state index contributed by atoms with van der Waals surface area (Å²) in [6.07, 6.45) is 4.10. The Hall–Kier alpha value is -2.20. The van der Waals surface area contributed by atoms with Crippen LogP contribution in [-0.4, -0.2) is 9.55 Å². The second kappa shape index (κ2) is 6.92. The molecule has 1 aromatic carbocycles. The van der Waals surface area contributed by atoms with E-state index >= 15 is 0 Å². The van der Waals surface area contributed by atoms with Crippen LogP contribution in [0.2, 0.25) is 0 Å². The van der Waals surface area contributed by atoms with E-state index in [1.54, 1.807) is 22.0 Å². The van der Waals surface area contributed by atoms with E-state index in [0.29, 0.717) is 6.54 Å². The SMILES string of the molecule is CCCc1ccc(-c2csc(Cn3ccc(C)cc3=O)n2)cc1. The molecule has 2 heterocycles. The summed E-state index contributed by atoms with van der Waals surface area (Å²) >= 11 is 1.60. The molecule has 0 saturated carbocycles. The van der Waals surface area contributed by atoms with E-state index < -0.39 is 0 Å². The lowest BCUT2D eigenvalue weighted by Gasteiger charge is -2.03. The first-order chi connectivity index (χ1) is 11.2. The fraction of sp³-hybridized carbons (Fsp3) is 0.263. The summed E-state index contributed by atoms with van der Waals surface area (Å²) in [5.41, 5.74) is 4.47. The van der Waals surface area contributed by atoms with Crippen LogP contribution in [0.3, 0.4) is 0 Å². The molecule has 0 aliphatic carbocycles. The maximum Gasteiger partial charge on any atom is 0.251 e. The molecule has 118 valence electrons. The maximum absolute atomic E-state index is 12.0. The molecule has 2 aromatic heterocycles. The largest absolute Gasteiger partial charge is 0.309 e. The number of pyridine rings is 1. The van der Waals surface area contributed by atoms with Crippen LogP contribution >= 0.6 is 11.3 Å². The Morgan fingerprint density at radius 2 is 1.96 bits per heavy atom. The van der Waals surface area contributed by atoms with Gasteiger partial charge in [-0.05, 0) is 30.5 Å². The van der Waals surface area contributed by atoms with E-state index in [4.69, 9.17) is 0 Å². The number of benzene rings is 1. The normalized spacial score (nSPS) is 10.9. The minimum absolute atomic E-state index is 0.0191. The van der Waals surface area contributed by atoms with Crippen molar-refractivity contribution in [3.8, 4) is 11.3 Å². The zero-order valence-corrected chi connectivity index (χ0v) is 14.3. The third-order valence-electron chi connectivity index (χ3n) is 3.80. The predicted molar refractivity (Wildman–Crippen MR) is 96.1 cm³/mol. The Bertz CT molecular complexity index is 846. The smallest absolute Gasteiger partial charge is 0.251 e. The van der Waals surface area contributed by atoms with Crippen molar-refractivity contribution in [1.29, 1.82) is 0 Å². The van der Waals surface area contributed by atoms with Crippen LogP contribution < -0.4 is 5.56 Å². The van der Waals surface area contributed by atoms with Gasteiger partial charge in [-0.3, -0.25) is 4.79 Å². The second-order valence-electron chi connectivity index (χ2n) is 5.74. The van der Waals surface area contributed by atoms with Crippen LogP contribution in [-0.2, 0) is 13.0 Å². The zero-order valence-electron chi connectivity index (χ0n) is 13.5. The Balaban J connectivity index is 1.78. The van der Waals surface area contributed by atoms with Crippen LogP contribution in [0.5, 0.6) is 0 Å². The van der Waals surface area contributed by atoms with Crippen molar-refractivity contribution in [1.82, 2.24) is 9.55 Å². The van der Waals surface area contributed by atoms with Crippen molar-refractivity contribution in [3.05, 3.63) is 74.5 Å². The minimum atomic E-state index is 0.0191. The molecule has 3 nitrogen and oxygen atoms in total. The van der Waals surface area contributed by atoms with Crippen LogP contribution in [0, 0.1) is 6.92 Å². The van der Waals surface area contributed by atoms with Crippen LogP contribution in [0.4, 0.5) is 0 Å². The van der Waals surface area contributed by atoms with Crippen molar-refractivity contribution in [2.45, 2.75) is 33.2 Å². The highest BCUT2D eigenvalue weighted by molar-refractivity contribution is 7.09. The van der Waals surface area contributed by atoms with Crippen molar-refractivity contribution >= 4 is 11.3 Å². The van der Waals surface area contributed by atoms with E-state index in [0.717, 1.165) is 34.7 Å². The summed E-state index contributed by atoms with van der Waals surface area (Å²) in [6.45, 7) is 4.64. The quantitative estimate of drug-likeness (QED) is 0.702. The number of rotatable bonds is 5. The lowest BCUT2D eigenvalue weighted by atomic mass is 10.1. The summed E-state index contributed by atoms with van der Waals surface area (Å²) in [4.78, 5) is 16.6. The molecule has 0 N–H and O–H groups in total. The Morgan fingerprint density at radius 3 is 2.65 bits per heavy atom. The average molecular weight is 324 g/mol. The Morgan fingerprint density at radius 1 is 1.17 bits per heavy atom. The molecule has 3 aromatic rings. The predicted octanol–water partition coefficient (Wildman–Crippen LogP) is 4.28. The molecular formula is C19H20N2OS. The lowest BCUT2D eigenvalue weighted by Crippen LogP contribution is -2.19. The summed E-state index contributed by atoms with van der Waals surface area (Å²) in [5, 5.41) is 3.01. The number of nitrogens with zero attached hydrogens (tertiary/aromatic N) is 2. The van der Waals surface area contributed by atoms with Crippen LogP contribution in [0.25, 0.3) is 11.3 Å². The first-order valence-electron chi connectivity index (χ1n) is 7.86. The Labute approximate surface area is 140 Å². The molecule has 23 heavy (non-hydrogen) atoms. The van der Waals surface area contributed by atoms with Crippen LogP contribution in [0.1, 0.15) is 29.5 Å². The number of aryl methyl sites for hydroxylation is 2. The molecule has 0 spiro atoms. The fourth-order valence-corrected chi connectivity index (χ4v) is 3.33. The van der Waals surface area contributed by atoms with Gasteiger partial charge in [0, 0.05) is 23.2 Å². The molecular weight excluding hydrogens is 304 g/mol. The van der Waals surface area contributed by atoms with Gasteiger partial charge in [0.2, 0.25) is 0 Å². The van der Waals surface area contributed by atoms with Crippen molar-refractivity contribution in [2.24, 2.45) is 0 Å². The number of hydrogen-bond acceptors (Lipinski definition) is 3. The van der Waals surface area contributed by atoms with Crippen molar-refractivity contribution in [3.63, 3.8) is 0 Å². The third kappa shape index (κ3) is 3.77. The minimum Gasteiger partial charge on any atom is -0.309 e. The molecule has 0 unspecified atom stereocenters. The van der Waals surface area contributed by atoms with E-state index in [-0.39, 0.29) is 5.56 Å². The molecule has 0 amide bonds. The fourth-order valence-electron chi connectivity index (χ4n) is 2.53. The van der Waals surface area contributed by atoms with Gasteiger partial charge in [0.15, 0.2) is 0 Å². The van der Waals surface area contributed by atoms with Crippen molar-refractivity contribution < 1.29 is 0 Å². The highest BCUT2D eigenvalue weighted by atomic mass is 32.1. The van der Waals surface area contributed by atoms with Gasteiger partial charge in [-0.25, -0.2) is 4.98 Å². The monoisotopic (exact) mass is 324 g/mol. The molecule has 0 aliphatic heterocycles. The third-order valence-corrected chi connectivity index (χ3v) is 4.63. The van der Waals surface area contributed by atoms with Gasteiger partial charge in [0.05, 0.1) is 12.2 Å². The molecule has 4 heteroatoms. The van der Waals surface area contributed by atoms with Gasteiger partial charge in [0.1, 0.15) is 5.01 Å². The Kier molecular flexibility index (Phi) is 4.72. The van der Waals surface area contributed by atoms with E-state index in [1.165, 1.54) is 5.56 Å². The number of thiazole rings is 1. The highest BCUT2D eigenvalue weighted by Crippen LogP contribution is 2.23. The van der Waals surface area contributed by atoms with E-state index in [9.17, 15) is 4.79 Å². The molecule has 0 fully saturated rings. The molecule has 0 aliphatic rings. The molecule has 3 rings (SSSR count). The van der Waals surface area contributed by atoms with Gasteiger partial charge in [0.25, 0.3) is 5.56 Å². The molecule has 0 saturated heterocycles. The van der Waals surface area contributed by atoms with Crippen LogP contribution in [0.15, 0.2) is 52.8 Å². The molecule has 0 radical (unpaired) electrons. The first-order valence-corrected chi connectivity index (χ1v) is 8.74. The summed E-state index contributed by atoms with van der Waals surface area (Å²) < 4.78 is 1.69. The topological polar surface area (TPSA) is 34.9 Å². The van der Waals surface area contributed by atoms with Gasteiger partial charge in [-0.2, -0.15) is 0 Å². The standard InChI is InChI=1S/C19H20N2OS/c1-3-4-15-5-7-16(8-6-15)17-13-23-18(20-17)12-21-10-9-14(2)11-19(21)22/h5-11,13H,3-4,12H2,1-2H3. The van der Waals surface area contributed by atoms with Gasteiger partial charge >= 0.3 is 0 Å². The lowest BCUT2D eigenvalue weighted by molar-refractivity contribution is 0.752. The summed E-state index contributed by atoms with van der Waals surface area (Å²) in [5.74, 6) is 0. The highest BCUT2D eigenvalue weighted by Gasteiger charge is 2.06. The number of hydrogen-bond donors (Lipinski definition) is 0. The molecule has 0 atom stereocenters. The maximum atomic E-state index is 12.0. The second-order valence-corrected chi connectivity index (χ2v) is 6.69. The average Bonchev–Trinajstić information content (AvgIpc) is 3.00. The van der Waals surface area contributed by atoms with Crippen molar-refractivity contribution in [2.75, 3.05) is 0 Å².